The van der Waals surface area contributed by atoms with E-state index in [-0.39, 0.29) is 35.9 Å². The van der Waals surface area contributed by atoms with E-state index < -0.39 is 11.6 Å². The summed E-state index contributed by atoms with van der Waals surface area (Å²) in [6.07, 6.45) is 12.1. The summed E-state index contributed by atoms with van der Waals surface area (Å²) in [5, 5.41) is 2.60. The quantitative estimate of drug-likeness (QED) is 0.163. The molecule has 1 aliphatic rings. The molecule has 3 aromatic carbocycles. The molecule has 2 unspecified atom stereocenters. The molecule has 0 fully saturated rings. The third kappa shape index (κ3) is 14.1. The highest BCUT2D eigenvalue weighted by atomic mass is 16.5. The lowest BCUT2D eigenvalue weighted by Gasteiger charge is -2.22. The number of amides is 1. The van der Waals surface area contributed by atoms with E-state index in [4.69, 9.17) is 16.9 Å². The lowest BCUT2D eigenvalue weighted by Crippen LogP contribution is -2.54. The van der Waals surface area contributed by atoms with E-state index >= 15 is 0 Å². The van der Waals surface area contributed by atoms with Gasteiger partial charge in [0, 0.05) is 17.7 Å². The molecular formula is C40H49N3O4. The van der Waals surface area contributed by atoms with Crippen LogP contribution in [0.3, 0.4) is 0 Å². The van der Waals surface area contributed by atoms with Crippen molar-refractivity contribution in [3.05, 3.63) is 119 Å². The van der Waals surface area contributed by atoms with Crippen molar-refractivity contribution in [2.45, 2.75) is 78.0 Å². The second kappa shape index (κ2) is 20.5. The Hall–Kier alpha value is -4.64. The summed E-state index contributed by atoms with van der Waals surface area (Å²) in [5.74, 6) is 2.26. The van der Waals surface area contributed by atoms with Gasteiger partial charge in [-0.15, -0.1) is 6.42 Å². The number of terminal acetylenes is 1. The smallest absolute Gasteiger partial charge is 0.240 e. The van der Waals surface area contributed by atoms with Crippen LogP contribution >= 0.6 is 0 Å². The summed E-state index contributed by atoms with van der Waals surface area (Å²) in [4.78, 5) is 40.6. The van der Waals surface area contributed by atoms with Gasteiger partial charge in [-0.1, -0.05) is 117 Å². The van der Waals surface area contributed by atoms with E-state index in [0.29, 0.717) is 12.3 Å². The maximum atomic E-state index is 13.1. The van der Waals surface area contributed by atoms with Gasteiger partial charge in [-0.05, 0) is 56.7 Å². The number of hydrogen-bond donors (Lipinski definition) is 2. The molecule has 0 aliphatic carbocycles. The van der Waals surface area contributed by atoms with E-state index in [1.807, 2.05) is 103 Å². The number of ether oxygens (including phenoxy) is 1. The molecule has 3 atom stereocenters. The Balaban J connectivity index is 0.000000307. The van der Waals surface area contributed by atoms with Crippen molar-refractivity contribution >= 4 is 23.7 Å². The molecular weight excluding hydrogens is 586 g/mol. The van der Waals surface area contributed by atoms with Crippen LogP contribution in [0.15, 0.2) is 108 Å². The number of rotatable bonds is 12. The number of nitrogens with one attached hydrogen (secondary N) is 1. The van der Waals surface area contributed by atoms with E-state index in [1.165, 1.54) is 13.3 Å². The average molecular weight is 636 g/mol. The van der Waals surface area contributed by atoms with Crippen LogP contribution in [0.5, 0.6) is 0 Å². The van der Waals surface area contributed by atoms with Gasteiger partial charge >= 0.3 is 0 Å². The largest absolute Gasteiger partial charge is 0.374 e. The number of carbonyl (C=O) groups excluding carboxylic acids is 3. The van der Waals surface area contributed by atoms with Crippen molar-refractivity contribution in [3.8, 4) is 12.3 Å². The normalized spacial score (nSPS) is 14.8. The number of hydrogen-bond acceptors (Lipinski definition) is 6. The fourth-order valence-electron chi connectivity index (χ4n) is 4.53. The van der Waals surface area contributed by atoms with Gasteiger partial charge in [0.15, 0.2) is 11.6 Å². The number of benzene rings is 3. The van der Waals surface area contributed by atoms with Crippen molar-refractivity contribution in [2.75, 3.05) is 6.61 Å². The topological polar surface area (TPSA) is 111 Å². The summed E-state index contributed by atoms with van der Waals surface area (Å²) in [5.41, 5.74) is 8.13. The predicted octanol–water partition coefficient (Wildman–Crippen LogP) is 7.08. The molecule has 3 aromatic rings. The Morgan fingerprint density at radius 2 is 1.53 bits per heavy atom. The van der Waals surface area contributed by atoms with Gasteiger partial charge in [0.2, 0.25) is 5.91 Å². The summed E-state index contributed by atoms with van der Waals surface area (Å²) in [6.45, 7) is 9.37. The van der Waals surface area contributed by atoms with Gasteiger partial charge in [-0.25, -0.2) is 0 Å². The van der Waals surface area contributed by atoms with Crippen LogP contribution in [0.4, 0.5) is 0 Å². The van der Waals surface area contributed by atoms with E-state index in [1.54, 1.807) is 13.8 Å². The maximum absolute atomic E-state index is 13.1. The first-order chi connectivity index (χ1) is 22.5. The number of nitrogens with zero attached hydrogens (tertiary/aromatic N) is 1. The average Bonchev–Trinajstić information content (AvgIpc) is 3.08. The number of aliphatic imine (C=N–C) groups is 1. The third-order valence-electron chi connectivity index (χ3n) is 7.07. The summed E-state index contributed by atoms with van der Waals surface area (Å²) < 4.78 is 5.48. The highest BCUT2D eigenvalue weighted by Crippen LogP contribution is 2.31. The van der Waals surface area contributed by atoms with Gasteiger partial charge in [0.1, 0.15) is 11.7 Å². The van der Waals surface area contributed by atoms with Crippen molar-refractivity contribution in [1.29, 1.82) is 0 Å². The Morgan fingerprint density at radius 1 is 0.979 bits per heavy atom. The Kier molecular flexibility index (Phi) is 16.8. The molecule has 47 heavy (non-hydrogen) atoms. The molecule has 248 valence electrons. The first kappa shape index (κ1) is 38.5. The summed E-state index contributed by atoms with van der Waals surface area (Å²) in [6, 6.07) is 28.4. The lowest BCUT2D eigenvalue weighted by molar-refractivity contribution is -0.131. The molecule has 0 spiro atoms. The van der Waals surface area contributed by atoms with Crippen molar-refractivity contribution in [2.24, 2.45) is 16.6 Å². The number of nitrogens with two attached hydrogens (primary N) is 1. The van der Waals surface area contributed by atoms with Gasteiger partial charge in [-0.2, -0.15) is 0 Å². The van der Waals surface area contributed by atoms with Gasteiger partial charge in [-0.3, -0.25) is 19.4 Å². The second-order valence-electron chi connectivity index (χ2n) is 12.0. The van der Waals surface area contributed by atoms with Crippen LogP contribution < -0.4 is 11.1 Å². The van der Waals surface area contributed by atoms with Crippen molar-refractivity contribution in [1.82, 2.24) is 5.32 Å². The van der Waals surface area contributed by atoms with Gasteiger partial charge < -0.3 is 15.8 Å². The van der Waals surface area contributed by atoms with Crippen LogP contribution in [0.2, 0.25) is 0 Å². The predicted molar refractivity (Wildman–Crippen MR) is 191 cm³/mol. The number of allylic oxidation sites excluding steroid dienone is 2. The zero-order valence-electron chi connectivity index (χ0n) is 28.3. The van der Waals surface area contributed by atoms with Gasteiger partial charge in [0.05, 0.1) is 18.8 Å². The minimum absolute atomic E-state index is 0.131. The molecule has 1 heterocycles. The zero-order chi connectivity index (χ0) is 34.7. The van der Waals surface area contributed by atoms with Crippen molar-refractivity contribution in [3.63, 3.8) is 0 Å². The molecule has 0 saturated carbocycles. The molecule has 1 amide bonds. The van der Waals surface area contributed by atoms with Crippen LogP contribution in [0.25, 0.3) is 0 Å². The molecule has 7 heteroatoms. The van der Waals surface area contributed by atoms with Crippen LogP contribution in [0, 0.1) is 18.3 Å². The first-order valence-corrected chi connectivity index (χ1v) is 16.1. The Morgan fingerprint density at radius 3 is 2.06 bits per heavy atom. The molecule has 4 rings (SSSR count). The lowest BCUT2D eigenvalue weighted by atomic mass is 9.82. The number of ketones is 2. The highest BCUT2D eigenvalue weighted by Gasteiger charge is 2.27. The van der Waals surface area contributed by atoms with E-state index in [2.05, 4.69) is 30.1 Å². The third-order valence-corrected chi connectivity index (χ3v) is 7.07. The molecule has 1 aliphatic heterocycles. The summed E-state index contributed by atoms with van der Waals surface area (Å²) in [7, 11) is 0. The fourth-order valence-corrected chi connectivity index (χ4v) is 4.53. The maximum Gasteiger partial charge on any atom is 0.240 e. The first-order valence-electron chi connectivity index (χ1n) is 16.1. The second-order valence-corrected chi connectivity index (χ2v) is 12.0. The van der Waals surface area contributed by atoms with Crippen LogP contribution in [-0.4, -0.2) is 41.9 Å². The highest BCUT2D eigenvalue weighted by molar-refractivity contribution is 6.01. The monoisotopic (exact) mass is 635 g/mol. The Bertz CT molecular complexity index is 1490. The number of Topliss-reactive ketones (excluding diaryl/α,β-unsaturated/α-hetero) is 2. The molecule has 0 radical (unpaired) electrons. The van der Waals surface area contributed by atoms with E-state index in [0.717, 1.165) is 29.5 Å². The molecule has 3 N–H and O–H groups in total. The standard InChI is InChI=1S/C22H19NO.C15H22N2O3.C3H8/c1-2-20-15-17(13-14-23-20)16-21(18-9-5-3-6-10-18)22(24)19-11-7-4-8-12-19;1-11(18)13(17-14(19)15(2,3)16)10-20-9-12-7-5-4-6-8-12;1-3-2/h1,3-12,14-15,17,21H,13,16H2;4-8,13H,9-10,16H2,1-3H3,(H,17,19);3H2,1-2H3/t;13-;/m.1./s1. The minimum atomic E-state index is -1.02. The minimum Gasteiger partial charge on any atom is -0.374 e. The van der Waals surface area contributed by atoms with Crippen LogP contribution in [-0.2, 0) is 20.9 Å². The summed E-state index contributed by atoms with van der Waals surface area (Å²) >= 11 is 0. The molecule has 7 nitrogen and oxygen atoms in total. The molecule has 0 saturated heterocycles. The SMILES string of the molecule is C#CC1=CC(CC(C(=O)c2ccccc2)c2ccccc2)CC=N1.CC(=O)[C@@H](COCc1ccccc1)NC(=O)C(C)(C)N.CCC. The fraction of sp³-hybridized carbons (Fsp3) is 0.350. The van der Waals surface area contributed by atoms with E-state index in [9.17, 15) is 14.4 Å². The van der Waals surface area contributed by atoms with Crippen molar-refractivity contribution < 1.29 is 19.1 Å². The van der Waals surface area contributed by atoms with Crippen LogP contribution in [0.1, 0.15) is 81.3 Å². The molecule has 0 bridgehead atoms. The zero-order valence-corrected chi connectivity index (χ0v) is 28.3. The van der Waals surface area contributed by atoms with Gasteiger partial charge in [0.25, 0.3) is 0 Å². The Labute approximate surface area is 280 Å². The number of carbonyl (C=O) groups is 3. The molecule has 0 aromatic heterocycles.